The van der Waals surface area contributed by atoms with E-state index in [0.29, 0.717) is 32.6 Å². The summed E-state index contributed by atoms with van der Waals surface area (Å²) in [6.07, 6.45) is 0.535. The first-order valence-corrected chi connectivity index (χ1v) is 8.99. The first kappa shape index (κ1) is 19.4. The average molecular weight is 380 g/mol. The van der Waals surface area contributed by atoms with Gasteiger partial charge in [0.1, 0.15) is 0 Å². The van der Waals surface area contributed by atoms with E-state index in [-0.39, 0.29) is 24.2 Å². The smallest absolute Gasteiger partial charge is 0.254 e. The van der Waals surface area contributed by atoms with Gasteiger partial charge in [0.2, 0.25) is 5.91 Å². The van der Waals surface area contributed by atoms with E-state index in [9.17, 15) is 9.59 Å². The second-order valence-electron chi connectivity index (χ2n) is 5.93. The molecule has 1 aliphatic rings. The summed E-state index contributed by atoms with van der Waals surface area (Å²) in [5.41, 5.74) is 7.86. The van der Waals surface area contributed by atoms with Gasteiger partial charge < -0.3 is 15.5 Å². The Morgan fingerprint density at radius 1 is 1.04 bits per heavy atom. The lowest BCUT2D eigenvalue weighted by Gasteiger charge is -2.35. The number of thiophene rings is 1. The molecule has 5 nitrogen and oxygen atoms in total. The van der Waals surface area contributed by atoms with Crippen LogP contribution in [0.2, 0.25) is 0 Å². The molecule has 25 heavy (non-hydrogen) atoms. The Morgan fingerprint density at radius 3 is 2.28 bits per heavy atom. The van der Waals surface area contributed by atoms with Crippen molar-refractivity contribution in [1.29, 1.82) is 0 Å². The number of hydrogen-bond acceptors (Lipinski definition) is 4. The molecule has 0 spiro atoms. The van der Waals surface area contributed by atoms with Crippen LogP contribution in [0.25, 0.3) is 0 Å². The lowest BCUT2D eigenvalue weighted by molar-refractivity contribution is -0.134. The van der Waals surface area contributed by atoms with Crippen LogP contribution in [0.5, 0.6) is 0 Å². The molecule has 7 heteroatoms. The minimum Gasteiger partial charge on any atom is -0.338 e. The first-order valence-electron chi connectivity index (χ1n) is 8.05. The molecule has 0 bridgehead atoms. The van der Waals surface area contributed by atoms with Crippen LogP contribution in [0.15, 0.2) is 47.2 Å². The summed E-state index contributed by atoms with van der Waals surface area (Å²) >= 11 is 1.51. The molecule has 1 aromatic heterocycles. The molecule has 1 aromatic carbocycles. The van der Waals surface area contributed by atoms with E-state index < -0.39 is 6.04 Å². The van der Waals surface area contributed by atoms with Crippen LogP contribution in [0, 0.1) is 0 Å². The third-order valence-corrected chi connectivity index (χ3v) is 4.95. The maximum Gasteiger partial charge on any atom is 0.254 e. The molecule has 1 fully saturated rings. The molecule has 0 saturated carbocycles. The Bertz CT molecular complexity index is 686. The van der Waals surface area contributed by atoms with Gasteiger partial charge in [-0.2, -0.15) is 11.3 Å². The van der Waals surface area contributed by atoms with Gasteiger partial charge in [-0.05, 0) is 23.4 Å². The number of nitrogens with two attached hydrogens (primary N) is 1. The molecule has 134 valence electrons. The van der Waals surface area contributed by atoms with Crippen molar-refractivity contribution in [2.24, 2.45) is 5.73 Å². The van der Waals surface area contributed by atoms with E-state index in [2.05, 4.69) is 0 Å². The SMILES string of the molecule is Cl.NC(Cc1ccccc1)C(=O)N1CCN(C(=O)c2ccsc2)CC1. The lowest BCUT2D eigenvalue weighted by atomic mass is 10.1. The number of rotatable bonds is 4. The molecule has 2 heterocycles. The van der Waals surface area contributed by atoms with E-state index in [1.54, 1.807) is 9.80 Å². The van der Waals surface area contributed by atoms with Crippen LogP contribution in [0.3, 0.4) is 0 Å². The zero-order chi connectivity index (χ0) is 16.9. The number of amides is 2. The van der Waals surface area contributed by atoms with Crippen LogP contribution < -0.4 is 5.73 Å². The molecule has 2 N–H and O–H groups in total. The van der Waals surface area contributed by atoms with Crippen molar-refractivity contribution in [2.45, 2.75) is 12.5 Å². The van der Waals surface area contributed by atoms with Crippen molar-refractivity contribution in [3.05, 3.63) is 58.3 Å². The molecule has 1 aliphatic heterocycles. The van der Waals surface area contributed by atoms with E-state index in [4.69, 9.17) is 5.73 Å². The fourth-order valence-corrected chi connectivity index (χ4v) is 3.52. The Morgan fingerprint density at radius 2 is 1.68 bits per heavy atom. The molecule has 1 saturated heterocycles. The van der Waals surface area contributed by atoms with Crippen LogP contribution in [-0.2, 0) is 11.2 Å². The van der Waals surface area contributed by atoms with Gasteiger partial charge in [0.05, 0.1) is 11.6 Å². The molecular formula is C18H22ClN3O2S. The fourth-order valence-electron chi connectivity index (χ4n) is 2.89. The predicted octanol–water partition coefficient (Wildman–Crippen LogP) is 2.02. The zero-order valence-electron chi connectivity index (χ0n) is 13.8. The van der Waals surface area contributed by atoms with E-state index in [1.807, 2.05) is 47.2 Å². The van der Waals surface area contributed by atoms with Crippen molar-refractivity contribution < 1.29 is 9.59 Å². The summed E-state index contributed by atoms with van der Waals surface area (Å²) in [7, 11) is 0. The van der Waals surface area contributed by atoms with E-state index in [0.717, 1.165) is 11.1 Å². The standard InChI is InChI=1S/C18H21N3O2S.ClH/c19-16(12-14-4-2-1-3-5-14)18(23)21-9-7-20(8-10-21)17(22)15-6-11-24-13-15;/h1-6,11,13,16H,7-10,12,19H2;1H. The van der Waals surface area contributed by atoms with Gasteiger partial charge >= 0.3 is 0 Å². The number of benzene rings is 1. The maximum absolute atomic E-state index is 12.5. The second-order valence-corrected chi connectivity index (χ2v) is 6.71. The number of halogens is 1. The number of piperazine rings is 1. The number of nitrogens with zero attached hydrogens (tertiary/aromatic N) is 2. The second kappa shape index (κ2) is 8.99. The van der Waals surface area contributed by atoms with Gasteiger partial charge in [0, 0.05) is 31.6 Å². The minimum absolute atomic E-state index is 0. The molecule has 1 atom stereocenters. The highest BCUT2D eigenvalue weighted by molar-refractivity contribution is 7.08. The van der Waals surface area contributed by atoms with Crippen molar-refractivity contribution in [2.75, 3.05) is 26.2 Å². The van der Waals surface area contributed by atoms with Crippen LogP contribution in [-0.4, -0.2) is 53.8 Å². The molecule has 2 amide bonds. The Balaban J connectivity index is 0.00000225. The summed E-state index contributed by atoms with van der Waals surface area (Å²) in [5.74, 6) is -0.00146. The van der Waals surface area contributed by atoms with Gasteiger partial charge in [-0.1, -0.05) is 30.3 Å². The van der Waals surface area contributed by atoms with Gasteiger partial charge in [-0.25, -0.2) is 0 Å². The largest absolute Gasteiger partial charge is 0.338 e. The number of hydrogen-bond donors (Lipinski definition) is 1. The highest BCUT2D eigenvalue weighted by Gasteiger charge is 2.27. The highest BCUT2D eigenvalue weighted by atomic mass is 35.5. The Labute approximate surface area is 157 Å². The summed E-state index contributed by atoms with van der Waals surface area (Å²) in [5, 5.41) is 3.76. The maximum atomic E-state index is 12.5. The van der Waals surface area contributed by atoms with E-state index in [1.165, 1.54) is 11.3 Å². The molecule has 3 rings (SSSR count). The van der Waals surface area contributed by atoms with Crippen molar-refractivity contribution in [1.82, 2.24) is 9.80 Å². The normalized spacial score (nSPS) is 15.4. The molecule has 2 aromatic rings. The van der Waals surface area contributed by atoms with Crippen LogP contribution in [0.1, 0.15) is 15.9 Å². The first-order chi connectivity index (χ1) is 11.6. The van der Waals surface area contributed by atoms with Crippen molar-refractivity contribution >= 4 is 35.6 Å². The van der Waals surface area contributed by atoms with Crippen molar-refractivity contribution in [3.63, 3.8) is 0 Å². The Hall–Kier alpha value is -1.89. The van der Waals surface area contributed by atoms with Gasteiger partial charge in [-0.15, -0.1) is 12.4 Å². The third-order valence-electron chi connectivity index (χ3n) is 4.26. The molecule has 1 unspecified atom stereocenters. The minimum atomic E-state index is -0.536. The van der Waals surface area contributed by atoms with Crippen LogP contribution in [0.4, 0.5) is 0 Å². The summed E-state index contributed by atoms with van der Waals surface area (Å²) < 4.78 is 0. The lowest BCUT2D eigenvalue weighted by Crippen LogP contribution is -2.54. The molecule has 0 aliphatic carbocycles. The monoisotopic (exact) mass is 379 g/mol. The van der Waals surface area contributed by atoms with Crippen LogP contribution >= 0.6 is 23.7 Å². The Kier molecular flexibility index (Phi) is 6.99. The van der Waals surface area contributed by atoms with Crippen molar-refractivity contribution in [3.8, 4) is 0 Å². The van der Waals surface area contributed by atoms with Gasteiger partial charge in [0.15, 0.2) is 0 Å². The summed E-state index contributed by atoms with van der Waals surface area (Å²) in [6.45, 7) is 2.19. The molecular weight excluding hydrogens is 358 g/mol. The molecule has 0 radical (unpaired) electrons. The predicted molar refractivity (Wildman–Crippen MR) is 102 cm³/mol. The topological polar surface area (TPSA) is 66.6 Å². The number of carbonyl (C=O) groups excluding carboxylic acids is 2. The fraction of sp³-hybridized carbons (Fsp3) is 0.333. The van der Waals surface area contributed by atoms with E-state index >= 15 is 0 Å². The third kappa shape index (κ3) is 4.81. The zero-order valence-corrected chi connectivity index (χ0v) is 15.5. The summed E-state index contributed by atoms with van der Waals surface area (Å²) in [6, 6.07) is 11.1. The van der Waals surface area contributed by atoms with Gasteiger partial charge in [0.25, 0.3) is 5.91 Å². The highest BCUT2D eigenvalue weighted by Crippen LogP contribution is 2.13. The van der Waals surface area contributed by atoms with Gasteiger partial charge in [-0.3, -0.25) is 9.59 Å². The quantitative estimate of drug-likeness (QED) is 0.883. The average Bonchev–Trinajstić information content (AvgIpc) is 3.16. The summed E-state index contributed by atoms with van der Waals surface area (Å²) in [4.78, 5) is 28.4. The number of carbonyl (C=O) groups is 2.